The minimum Gasteiger partial charge on any atom is -0.326 e. The van der Waals surface area contributed by atoms with Gasteiger partial charge in [-0.15, -0.1) is 0 Å². The molecule has 106 valence electrons. The molecule has 0 saturated carbocycles. The van der Waals surface area contributed by atoms with Crippen molar-refractivity contribution in [1.82, 2.24) is 10.2 Å². The molecule has 4 heteroatoms. The summed E-state index contributed by atoms with van der Waals surface area (Å²) in [6, 6.07) is 6.16. The van der Waals surface area contributed by atoms with Crippen molar-refractivity contribution in [2.24, 2.45) is 0 Å². The molecule has 3 rings (SSSR count). The first-order chi connectivity index (χ1) is 9.81. The molecule has 1 aromatic rings. The van der Waals surface area contributed by atoms with Crippen LogP contribution in [0, 0.1) is 0 Å². The van der Waals surface area contributed by atoms with Crippen LogP contribution in [0.3, 0.4) is 0 Å². The number of piperazine rings is 1. The van der Waals surface area contributed by atoms with Crippen LogP contribution in [0.4, 0.5) is 5.69 Å². The molecule has 2 aliphatic rings. The van der Waals surface area contributed by atoms with Gasteiger partial charge in [-0.2, -0.15) is 0 Å². The van der Waals surface area contributed by atoms with Crippen molar-refractivity contribution in [2.75, 3.05) is 38.0 Å². The van der Waals surface area contributed by atoms with Gasteiger partial charge in [0.25, 0.3) is 0 Å². The molecule has 20 heavy (non-hydrogen) atoms. The van der Waals surface area contributed by atoms with Crippen LogP contribution >= 0.6 is 0 Å². The molecule has 1 aromatic carbocycles. The van der Waals surface area contributed by atoms with Gasteiger partial charge in [-0.05, 0) is 29.7 Å². The molecular formula is C16H21N3O. The Kier molecular flexibility index (Phi) is 4.14. The second kappa shape index (κ2) is 6.20. The highest BCUT2D eigenvalue weighted by molar-refractivity contribution is 5.99. The predicted octanol–water partition coefficient (Wildman–Crippen LogP) is 1.49. The Bertz CT molecular complexity index is 518. The normalized spacial score (nSPS) is 19.3. The number of rotatable bonds is 4. The van der Waals surface area contributed by atoms with Crippen LogP contribution in [-0.4, -0.2) is 43.5 Å². The highest BCUT2D eigenvalue weighted by atomic mass is 16.1. The molecule has 2 aliphatic heterocycles. The predicted molar refractivity (Wildman–Crippen MR) is 81.7 cm³/mol. The molecule has 0 spiro atoms. The van der Waals surface area contributed by atoms with E-state index in [0.717, 1.165) is 50.4 Å². The molecule has 1 saturated heterocycles. The Morgan fingerprint density at radius 1 is 1.25 bits per heavy atom. The maximum atomic E-state index is 11.3. The van der Waals surface area contributed by atoms with Gasteiger partial charge < -0.3 is 15.5 Å². The summed E-state index contributed by atoms with van der Waals surface area (Å²) in [6.07, 6.45) is 5.98. The van der Waals surface area contributed by atoms with Crippen LogP contribution in [0.5, 0.6) is 0 Å². The van der Waals surface area contributed by atoms with E-state index in [9.17, 15) is 4.79 Å². The summed E-state index contributed by atoms with van der Waals surface area (Å²) in [4.78, 5) is 13.8. The number of fused-ring (bicyclic) bond motifs is 1. The summed E-state index contributed by atoms with van der Waals surface area (Å²) in [7, 11) is 0. The van der Waals surface area contributed by atoms with Crippen molar-refractivity contribution in [3.05, 3.63) is 35.4 Å². The molecule has 4 nitrogen and oxygen atoms in total. The van der Waals surface area contributed by atoms with E-state index in [0.29, 0.717) is 6.42 Å². The average molecular weight is 271 g/mol. The maximum absolute atomic E-state index is 11.3. The molecular weight excluding hydrogens is 250 g/mol. The first kappa shape index (κ1) is 13.3. The summed E-state index contributed by atoms with van der Waals surface area (Å²) in [5.41, 5.74) is 3.26. The fourth-order valence-corrected chi connectivity index (χ4v) is 2.76. The van der Waals surface area contributed by atoms with E-state index in [4.69, 9.17) is 0 Å². The fourth-order valence-electron chi connectivity index (χ4n) is 2.76. The van der Waals surface area contributed by atoms with Crippen LogP contribution in [0.25, 0.3) is 6.08 Å². The van der Waals surface area contributed by atoms with Crippen molar-refractivity contribution in [2.45, 2.75) is 12.8 Å². The second-order valence-electron chi connectivity index (χ2n) is 5.42. The molecule has 2 N–H and O–H groups in total. The number of carbonyl (C=O) groups excluding carboxylic acids is 1. The molecule has 0 bridgehead atoms. The van der Waals surface area contributed by atoms with Gasteiger partial charge in [0.2, 0.25) is 5.91 Å². The summed E-state index contributed by atoms with van der Waals surface area (Å²) in [6.45, 7) is 5.65. The van der Waals surface area contributed by atoms with Crippen molar-refractivity contribution < 1.29 is 4.79 Å². The Morgan fingerprint density at radius 3 is 2.95 bits per heavy atom. The number of nitrogens with zero attached hydrogens (tertiary/aromatic N) is 1. The molecule has 0 unspecified atom stereocenters. The molecule has 2 heterocycles. The van der Waals surface area contributed by atoms with Gasteiger partial charge in [0.1, 0.15) is 0 Å². The van der Waals surface area contributed by atoms with Crippen LogP contribution in [0.15, 0.2) is 24.3 Å². The zero-order valence-corrected chi connectivity index (χ0v) is 11.7. The number of hydrogen-bond donors (Lipinski definition) is 2. The van der Waals surface area contributed by atoms with Crippen LogP contribution in [-0.2, 0) is 11.2 Å². The molecule has 0 atom stereocenters. The second-order valence-corrected chi connectivity index (χ2v) is 5.42. The molecule has 0 aliphatic carbocycles. The number of anilines is 1. The smallest absolute Gasteiger partial charge is 0.228 e. The van der Waals surface area contributed by atoms with Gasteiger partial charge in [-0.1, -0.05) is 18.2 Å². The van der Waals surface area contributed by atoms with Gasteiger partial charge in [-0.25, -0.2) is 0 Å². The number of carbonyl (C=O) groups is 1. The Balaban J connectivity index is 1.51. The Morgan fingerprint density at radius 2 is 2.10 bits per heavy atom. The van der Waals surface area contributed by atoms with Crippen LogP contribution in [0.1, 0.15) is 17.5 Å². The number of hydrogen-bond acceptors (Lipinski definition) is 3. The minimum atomic E-state index is 0.0971. The van der Waals surface area contributed by atoms with Gasteiger partial charge in [0.05, 0.1) is 6.42 Å². The summed E-state index contributed by atoms with van der Waals surface area (Å²) >= 11 is 0. The van der Waals surface area contributed by atoms with Crippen LogP contribution < -0.4 is 10.6 Å². The van der Waals surface area contributed by atoms with E-state index in [1.165, 1.54) is 5.56 Å². The lowest BCUT2D eigenvalue weighted by molar-refractivity contribution is -0.115. The standard InChI is InChI=1S/C16H21N3O/c20-16-12-14-11-13(4-5-15(14)18-16)3-1-2-8-19-9-6-17-7-10-19/h1,3-5,11,17H,2,6-10,12H2,(H,18,20)/b3-1+. The third kappa shape index (κ3) is 3.26. The first-order valence-corrected chi connectivity index (χ1v) is 7.34. The van der Waals surface area contributed by atoms with Gasteiger partial charge in [0, 0.05) is 38.4 Å². The third-order valence-corrected chi connectivity index (χ3v) is 3.89. The molecule has 0 aromatic heterocycles. The summed E-state index contributed by atoms with van der Waals surface area (Å²) < 4.78 is 0. The SMILES string of the molecule is O=C1Cc2cc(/C=C/CCN3CCNCC3)ccc2N1. The van der Waals surface area contributed by atoms with E-state index >= 15 is 0 Å². The lowest BCUT2D eigenvalue weighted by atomic mass is 10.1. The monoisotopic (exact) mass is 271 g/mol. The Hall–Kier alpha value is -1.65. The Labute approximate surface area is 119 Å². The van der Waals surface area contributed by atoms with E-state index in [-0.39, 0.29) is 5.91 Å². The van der Waals surface area contributed by atoms with E-state index in [2.05, 4.69) is 39.8 Å². The third-order valence-electron chi connectivity index (χ3n) is 3.89. The topological polar surface area (TPSA) is 44.4 Å². The zero-order valence-electron chi connectivity index (χ0n) is 11.7. The van der Waals surface area contributed by atoms with Gasteiger partial charge in [0.15, 0.2) is 0 Å². The first-order valence-electron chi connectivity index (χ1n) is 7.34. The van der Waals surface area contributed by atoms with Crippen molar-refractivity contribution in [3.63, 3.8) is 0 Å². The van der Waals surface area contributed by atoms with E-state index in [1.54, 1.807) is 0 Å². The lowest BCUT2D eigenvalue weighted by Gasteiger charge is -2.26. The molecule has 0 radical (unpaired) electrons. The highest BCUT2D eigenvalue weighted by Crippen LogP contribution is 2.24. The highest BCUT2D eigenvalue weighted by Gasteiger charge is 2.16. The lowest BCUT2D eigenvalue weighted by Crippen LogP contribution is -2.43. The summed E-state index contributed by atoms with van der Waals surface area (Å²) in [5.74, 6) is 0.0971. The number of nitrogens with one attached hydrogen (secondary N) is 2. The van der Waals surface area contributed by atoms with Gasteiger partial charge >= 0.3 is 0 Å². The van der Waals surface area contributed by atoms with Crippen molar-refractivity contribution in [3.8, 4) is 0 Å². The minimum absolute atomic E-state index is 0.0971. The fraction of sp³-hybridized carbons (Fsp3) is 0.438. The van der Waals surface area contributed by atoms with E-state index < -0.39 is 0 Å². The summed E-state index contributed by atoms with van der Waals surface area (Å²) in [5, 5.41) is 6.22. The van der Waals surface area contributed by atoms with Crippen molar-refractivity contribution >= 4 is 17.7 Å². The van der Waals surface area contributed by atoms with E-state index in [1.807, 2.05) is 6.07 Å². The van der Waals surface area contributed by atoms with Gasteiger partial charge in [-0.3, -0.25) is 4.79 Å². The maximum Gasteiger partial charge on any atom is 0.228 e. The number of benzene rings is 1. The van der Waals surface area contributed by atoms with Crippen LogP contribution in [0.2, 0.25) is 0 Å². The largest absolute Gasteiger partial charge is 0.326 e. The van der Waals surface area contributed by atoms with Crippen molar-refractivity contribution in [1.29, 1.82) is 0 Å². The zero-order chi connectivity index (χ0) is 13.8. The molecule has 1 amide bonds. The number of amides is 1. The quantitative estimate of drug-likeness (QED) is 0.872. The molecule has 1 fully saturated rings. The average Bonchev–Trinajstić information content (AvgIpc) is 2.84.